The minimum Gasteiger partial charge on any atom is -0.352 e. The third-order valence-corrected chi connectivity index (χ3v) is 8.66. The SMILES string of the molecule is NCc1ccc(N2C(=O)C(CC(=O)NCc3ccccc3F)C(=O)N(Cc3ccc(NC(=O)c4ccc(Cl)cc4)cc3)c3ccccc32)cc1. The second kappa shape index (κ2) is 15.1. The number of nitrogens with one attached hydrogen (secondary N) is 2. The predicted octanol–water partition coefficient (Wildman–Crippen LogP) is 6.72. The van der Waals surface area contributed by atoms with Crippen LogP contribution in [0.15, 0.2) is 121 Å². The third-order valence-electron chi connectivity index (χ3n) is 8.41. The van der Waals surface area contributed by atoms with Gasteiger partial charge in [0.25, 0.3) is 5.91 Å². The normalized spacial score (nSPS) is 14.2. The van der Waals surface area contributed by atoms with E-state index < -0.39 is 35.9 Å². The van der Waals surface area contributed by atoms with E-state index in [-0.39, 0.29) is 24.6 Å². The van der Waals surface area contributed by atoms with E-state index in [0.29, 0.717) is 45.4 Å². The van der Waals surface area contributed by atoms with Crippen molar-refractivity contribution in [2.24, 2.45) is 11.7 Å². The van der Waals surface area contributed by atoms with Crippen LogP contribution in [0.5, 0.6) is 0 Å². The third kappa shape index (κ3) is 7.57. The summed E-state index contributed by atoms with van der Waals surface area (Å²) in [7, 11) is 0. The monoisotopic (exact) mass is 689 g/mol. The Bertz CT molecular complexity index is 2040. The molecule has 9 nitrogen and oxygen atoms in total. The molecule has 0 saturated carbocycles. The van der Waals surface area contributed by atoms with Crippen molar-refractivity contribution in [1.82, 2.24) is 5.32 Å². The van der Waals surface area contributed by atoms with Crippen LogP contribution in [-0.2, 0) is 34.0 Å². The first-order chi connectivity index (χ1) is 24.2. The second-order valence-electron chi connectivity index (χ2n) is 11.7. The summed E-state index contributed by atoms with van der Waals surface area (Å²) in [6, 6.07) is 33.8. The van der Waals surface area contributed by atoms with E-state index in [9.17, 15) is 23.6 Å². The zero-order chi connectivity index (χ0) is 35.2. The highest BCUT2D eigenvalue weighted by atomic mass is 35.5. The van der Waals surface area contributed by atoms with Crippen molar-refractivity contribution in [3.63, 3.8) is 0 Å². The topological polar surface area (TPSA) is 125 Å². The number of fused-ring (bicyclic) bond motifs is 1. The van der Waals surface area contributed by atoms with Gasteiger partial charge in [-0.05, 0) is 77.9 Å². The first-order valence-electron chi connectivity index (χ1n) is 15.9. The van der Waals surface area contributed by atoms with Crippen molar-refractivity contribution >= 4 is 58.0 Å². The maximum absolute atomic E-state index is 14.4. The summed E-state index contributed by atoms with van der Waals surface area (Å²) in [6.45, 7) is 0.281. The van der Waals surface area contributed by atoms with Gasteiger partial charge in [-0.2, -0.15) is 0 Å². The summed E-state index contributed by atoms with van der Waals surface area (Å²) in [5, 5.41) is 6.04. The number of hydrogen-bond donors (Lipinski definition) is 3. The molecule has 0 saturated heterocycles. The minimum atomic E-state index is -1.39. The van der Waals surface area contributed by atoms with E-state index in [1.54, 1.807) is 115 Å². The molecule has 0 aromatic heterocycles. The molecule has 5 aromatic rings. The molecule has 1 unspecified atom stereocenters. The number of hydrogen-bond acceptors (Lipinski definition) is 5. The van der Waals surface area contributed by atoms with E-state index in [4.69, 9.17) is 17.3 Å². The van der Waals surface area contributed by atoms with Crippen LogP contribution in [0.3, 0.4) is 0 Å². The van der Waals surface area contributed by atoms with Crippen LogP contribution in [0.4, 0.5) is 27.1 Å². The first kappa shape index (κ1) is 34.0. The fourth-order valence-electron chi connectivity index (χ4n) is 5.73. The number of nitrogens with zero attached hydrogens (tertiary/aromatic N) is 2. The van der Waals surface area contributed by atoms with E-state index >= 15 is 0 Å². The number of benzene rings is 5. The van der Waals surface area contributed by atoms with Gasteiger partial charge in [-0.15, -0.1) is 0 Å². The van der Waals surface area contributed by atoms with Gasteiger partial charge in [0.1, 0.15) is 11.7 Å². The van der Waals surface area contributed by atoms with Crippen LogP contribution < -0.4 is 26.2 Å². The van der Waals surface area contributed by atoms with Gasteiger partial charge >= 0.3 is 0 Å². The van der Waals surface area contributed by atoms with Gasteiger partial charge in [0.2, 0.25) is 17.7 Å². The molecule has 11 heteroatoms. The first-order valence-corrected chi connectivity index (χ1v) is 16.3. The van der Waals surface area contributed by atoms with Crippen LogP contribution in [0.1, 0.15) is 33.5 Å². The number of rotatable bonds is 10. The average Bonchev–Trinajstić information content (AvgIpc) is 3.21. The fraction of sp³-hybridized carbons (Fsp3) is 0.128. The van der Waals surface area contributed by atoms with Gasteiger partial charge in [-0.25, -0.2) is 4.39 Å². The molecular weight excluding hydrogens is 657 g/mol. The molecule has 0 spiro atoms. The Labute approximate surface area is 293 Å². The summed E-state index contributed by atoms with van der Waals surface area (Å²) in [4.78, 5) is 57.8. The summed E-state index contributed by atoms with van der Waals surface area (Å²) in [5.41, 5.74) is 10.1. The number of halogens is 2. The lowest BCUT2D eigenvalue weighted by molar-refractivity contribution is -0.136. The highest BCUT2D eigenvalue weighted by molar-refractivity contribution is 6.30. The summed E-state index contributed by atoms with van der Waals surface area (Å²) in [6.07, 6.45) is -0.455. The van der Waals surface area contributed by atoms with Gasteiger partial charge in [0.15, 0.2) is 0 Å². The molecule has 1 heterocycles. The highest BCUT2D eigenvalue weighted by Crippen LogP contribution is 2.40. The van der Waals surface area contributed by atoms with Crippen LogP contribution >= 0.6 is 11.6 Å². The summed E-state index contributed by atoms with van der Waals surface area (Å²) in [5.74, 6) is -3.89. The minimum absolute atomic E-state index is 0.0713. The number of carbonyl (C=O) groups is 4. The lowest BCUT2D eigenvalue weighted by atomic mass is 10.0. The maximum Gasteiger partial charge on any atom is 0.255 e. The molecule has 5 aromatic carbocycles. The summed E-state index contributed by atoms with van der Waals surface area (Å²) < 4.78 is 14.3. The maximum atomic E-state index is 14.4. The Morgan fingerprint density at radius 2 is 1.40 bits per heavy atom. The van der Waals surface area contributed by atoms with Crippen molar-refractivity contribution in [3.8, 4) is 0 Å². The van der Waals surface area contributed by atoms with E-state index in [1.165, 1.54) is 15.9 Å². The highest BCUT2D eigenvalue weighted by Gasteiger charge is 2.42. The fourth-order valence-corrected chi connectivity index (χ4v) is 5.85. The number of amides is 4. The van der Waals surface area contributed by atoms with Gasteiger partial charge < -0.3 is 21.3 Å². The van der Waals surface area contributed by atoms with Crippen LogP contribution in [0.25, 0.3) is 0 Å². The van der Waals surface area contributed by atoms with E-state index in [2.05, 4.69) is 10.6 Å². The Morgan fingerprint density at radius 1 is 0.760 bits per heavy atom. The van der Waals surface area contributed by atoms with Crippen LogP contribution in [0, 0.1) is 11.7 Å². The van der Waals surface area contributed by atoms with Gasteiger partial charge in [-0.3, -0.25) is 24.1 Å². The van der Waals surface area contributed by atoms with Crippen molar-refractivity contribution in [2.75, 3.05) is 15.1 Å². The van der Waals surface area contributed by atoms with E-state index in [0.717, 1.165) is 5.56 Å². The van der Waals surface area contributed by atoms with Gasteiger partial charge in [0, 0.05) is 47.0 Å². The molecule has 0 radical (unpaired) electrons. The Morgan fingerprint density at radius 3 is 2.08 bits per heavy atom. The Balaban J connectivity index is 1.30. The second-order valence-corrected chi connectivity index (χ2v) is 12.2. The molecule has 1 atom stereocenters. The molecule has 252 valence electrons. The molecular formula is C39H33ClFN5O4. The molecule has 0 bridgehead atoms. The number of nitrogens with two attached hydrogens (primary N) is 1. The van der Waals surface area contributed by atoms with Crippen LogP contribution in [-0.4, -0.2) is 23.6 Å². The molecule has 4 N–H and O–H groups in total. The van der Waals surface area contributed by atoms with Crippen molar-refractivity contribution < 1.29 is 23.6 Å². The quantitative estimate of drug-likeness (QED) is 0.140. The van der Waals surface area contributed by atoms with Gasteiger partial charge in [0.05, 0.1) is 17.9 Å². The lowest BCUT2D eigenvalue weighted by Gasteiger charge is -2.26. The average molecular weight is 690 g/mol. The lowest BCUT2D eigenvalue weighted by Crippen LogP contribution is -2.43. The predicted molar refractivity (Wildman–Crippen MR) is 191 cm³/mol. The largest absolute Gasteiger partial charge is 0.352 e. The molecule has 50 heavy (non-hydrogen) atoms. The Hall–Kier alpha value is -5.84. The van der Waals surface area contributed by atoms with Crippen molar-refractivity contribution in [1.29, 1.82) is 0 Å². The standard InChI is InChI=1S/C39H33ClFN5O4/c40-29-15-13-27(14-16-29)37(48)44-30-17-9-26(10-18-30)24-45-34-7-3-4-8-35(34)46(31-19-11-25(22-42)12-20-31)39(50)32(38(45)49)21-36(47)43-23-28-5-1-2-6-33(28)41/h1-20,32H,21-24,42H2,(H,43,47)(H,44,48). The van der Waals surface area contributed by atoms with Gasteiger partial charge in [-0.1, -0.05) is 66.2 Å². The molecule has 0 aliphatic carbocycles. The number of para-hydroxylation sites is 2. The van der Waals surface area contributed by atoms with Crippen LogP contribution in [0.2, 0.25) is 5.02 Å². The molecule has 1 aliphatic rings. The number of anilines is 4. The molecule has 4 amide bonds. The Kier molecular flexibility index (Phi) is 10.3. The molecule has 6 rings (SSSR count). The zero-order valence-corrected chi connectivity index (χ0v) is 27.6. The smallest absolute Gasteiger partial charge is 0.255 e. The van der Waals surface area contributed by atoms with Crippen molar-refractivity contribution in [2.45, 2.75) is 26.1 Å². The van der Waals surface area contributed by atoms with E-state index in [1.807, 2.05) is 0 Å². The molecule has 1 aliphatic heterocycles. The zero-order valence-electron chi connectivity index (χ0n) is 26.8. The molecule has 0 fully saturated rings. The number of carbonyl (C=O) groups excluding carboxylic acids is 4. The summed E-state index contributed by atoms with van der Waals surface area (Å²) >= 11 is 5.94. The van der Waals surface area contributed by atoms with Crippen molar-refractivity contribution in [3.05, 3.63) is 154 Å².